The zero-order chi connectivity index (χ0) is 12.0. The van der Waals surface area contributed by atoms with Gasteiger partial charge in [0, 0.05) is 0 Å². The molecule has 0 atom stereocenters. The second-order valence-electron chi connectivity index (χ2n) is 5.82. The maximum absolute atomic E-state index is 2.54. The molecule has 0 aromatic rings. The van der Waals surface area contributed by atoms with Crippen LogP contribution >= 0.6 is 0 Å². The highest BCUT2D eigenvalue weighted by atomic mass is 14.0. The van der Waals surface area contributed by atoms with E-state index < -0.39 is 0 Å². The number of hydrogen-bond donors (Lipinski definition) is 0. The molecule has 1 aliphatic carbocycles. The lowest BCUT2D eigenvalue weighted by atomic mass is 10.0. The first kappa shape index (κ1) is 15.1. The molecule has 0 unspecified atom stereocenters. The van der Waals surface area contributed by atoms with Crippen LogP contribution in [-0.4, -0.2) is 0 Å². The summed E-state index contributed by atoms with van der Waals surface area (Å²) in [6, 6.07) is 0. The van der Waals surface area contributed by atoms with Gasteiger partial charge in [0.15, 0.2) is 0 Å². The van der Waals surface area contributed by atoms with Crippen LogP contribution in [0.5, 0.6) is 0 Å². The second-order valence-corrected chi connectivity index (χ2v) is 5.82. The maximum atomic E-state index is 2.54. The topological polar surface area (TPSA) is 0 Å². The molecule has 0 spiro atoms. The van der Waals surface area contributed by atoms with E-state index in [1.165, 1.54) is 103 Å². The zero-order valence-electron chi connectivity index (χ0n) is 11.9. The first-order chi connectivity index (χ1) is 8.50. The minimum absolute atomic E-state index is 1.38. The van der Waals surface area contributed by atoms with Crippen molar-refractivity contribution in [1.29, 1.82) is 0 Å². The van der Waals surface area contributed by atoms with Crippen molar-refractivity contribution < 1.29 is 0 Å². The fourth-order valence-corrected chi connectivity index (χ4v) is 2.84. The largest absolute Gasteiger partial charge is 0.0533 e. The molecule has 0 saturated heterocycles. The Morgan fingerprint density at radius 3 is 0.824 bits per heavy atom. The van der Waals surface area contributed by atoms with Crippen molar-refractivity contribution in [2.75, 3.05) is 0 Å². The van der Waals surface area contributed by atoms with Gasteiger partial charge in [-0.05, 0) is 6.42 Å². The molecule has 0 aliphatic heterocycles. The van der Waals surface area contributed by atoms with Crippen molar-refractivity contribution in [2.45, 2.75) is 103 Å². The molecule has 0 heteroatoms. The van der Waals surface area contributed by atoms with Crippen LogP contribution in [-0.2, 0) is 0 Å². The minimum Gasteiger partial charge on any atom is -0.0533 e. The fraction of sp³-hybridized carbons (Fsp3) is 0.941. The predicted octanol–water partition coefficient (Wildman–Crippen LogP) is 6.45. The van der Waals surface area contributed by atoms with E-state index in [0.29, 0.717) is 0 Å². The summed E-state index contributed by atoms with van der Waals surface area (Å²) in [7, 11) is 0. The van der Waals surface area contributed by atoms with Gasteiger partial charge >= 0.3 is 0 Å². The van der Waals surface area contributed by atoms with Crippen molar-refractivity contribution in [3.63, 3.8) is 0 Å². The molecule has 1 saturated carbocycles. The molecule has 1 aliphatic rings. The van der Waals surface area contributed by atoms with E-state index in [-0.39, 0.29) is 0 Å². The third kappa shape index (κ3) is 10.9. The summed E-state index contributed by atoms with van der Waals surface area (Å²) in [5, 5.41) is 0. The van der Waals surface area contributed by atoms with Crippen molar-refractivity contribution in [1.82, 2.24) is 0 Å². The van der Waals surface area contributed by atoms with Gasteiger partial charge in [-0.1, -0.05) is 103 Å². The molecule has 17 heavy (non-hydrogen) atoms. The van der Waals surface area contributed by atoms with E-state index >= 15 is 0 Å². The molecule has 0 aromatic carbocycles. The Morgan fingerprint density at radius 2 is 0.529 bits per heavy atom. The predicted molar refractivity (Wildman–Crippen MR) is 78.2 cm³/mol. The van der Waals surface area contributed by atoms with E-state index in [2.05, 4.69) is 6.42 Å². The Kier molecular flexibility index (Phi) is 11.0. The SMILES string of the molecule is [CH]1CCCCCCCCCCCCCCCC1. The van der Waals surface area contributed by atoms with Crippen LogP contribution in [0.2, 0.25) is 0 Å². The molecule has 0 bridgehead atoms. The molecule has 0 aromatic heterocycles. The van der Waals surface area contributed by atoms with Crippen LogP contribution in [0.4, 0.5) is 0 Å². The lowest BCUT2D eigenvalue weighted by Crippen LogP contribution is -1.83. The van der Waals surface area contributed by atoms with E-state index in [0.717, 1.165) is 0 Å². The number of hydrogen-bond acceptors (Lipinski definition) is 0. The van der Waals surface area contributed by atoms with Gasteiger partial charge in [-0.15, -0.1) is 0 Å². The Hall–Kier alpha value is 0. The smallest absolute Gasteiger partial charge is 0.0386 e. The maximum Gasteiger partial charge on any atom is -0.0386 e. The molecule has 1 radical (unpaired) electrons. The summed E-state index contributed by atoms with van der Waals surface area (Å²) in [6.45, 7) is 0. The van der Waals surface area contributed by atoms with Gasteiger partial charge in [-0.25, -0.2) is 0 Å². The molecule has 0 nitrogen and oxygen atoms in total. The Morgan fingerprint density at radius 1 is 0.294 bits per heavy atom. The third-order valence-corrected chi connectivity index (χ3v) is 4.07. The first-order valence-corrected chi connectivity index (χ1v) is 8.32. The second kappa shape index (κ2) is 12.5. The normalized spacial score (nSPS) is 24.0. The van der Waals surface area contributed by atoms with E-state index in [4.69, 9.17) is 0 Å². The van der Waals surface area contributed by atoms with E-state index in [9.17, 15) is 0 Å². The van der Waals surface area contributed by atoms with Gasteiger partial charge < -0.3 is 0 Å². The summed E-state index contributed by atoms with van der Waals surface area (Å²) >= 11 is 0. The van der Waals surface area contributed by atoms with Crippen LogP contribution < -0.4 is 0 Å². The summed E-state index contributed by atoms with van der Waals surface area (Å²) in [5.74, 6) is 0. The highest BCUT2D eigenvalue weighted by molar-refractivity contribution is 4.64. The average molecular weight is 237 g/mol. The summed E-state index contributed by atoms with van der Waals surface area (Å²) in [5.41, 5.74) is 0. The highest BCUT2D eigenvalue weighted by Crippen LogP contribution is 2.15. The average Bonchev–Trinajstić information content (AvgIpc) is 2.35. The molecule has 0 heterocycles. The lowest BCUT2D eigenvalue weighted by Gasteiger charge is -2.02. The molecule has 1 rings (SSSR count). The standard InChI is InChI=1S/C17H33/c1-2-4-6-8-10-12-14-16-17-15-13-11-9-7-5-3-1/h1H,2-17H2. The van der Waals surface area contributed by atoms with E-state index in [1.54, 1.807) is 0 Å². The van der Waals surface area contributed by atoms with Gasteiger partial charge in [0.05, 0.1) is 0 Å². The minimum atomic E-state index is 1.38. The lowest BCUT2D eigenvalue weighted by molar-refractivity contribution is 0.538. The Bertz CT molecular complexity index is 69.5. The summed E-state index contributed by atoms with van der Waals surface area (Å²) < 4.78 is 0. The van der Waals surface area contributed by atoms with Crippen LogP contribution in [0.1, 0.15) is 103 Å². The van der Waals surface area contributed by atoms with Crippen LogP contribution in [0.15, 0.2) is 0 Å². The highest BCUT2D eigenvalue weighted by Gasteiger charge is 1.96. The molecule has 101 valence electrons. The quantitative estimate of drug-likeness (QED) is 0.454. The van der Waals surface area contributed by atoms with Gasteiger partial charge in [-0.2, -0.15) is 0 Å². The molecule has 0 N–H and O–H groups in total. The zero-order valence-corrected chi connectivity index (χ0v) is 11.9. The molecular formula is C17H33. The Balaban J connectivity index is 2.01. The van der Waals surface area contributed by atoms with Gasteiger partial charge in [0.1, 0.15) is 0 Å². The van der Waals surface area contributed by atoms with Crippen LogP contribution in [0.25, 0.3) is 0 Å². The fourth-order valence-electron chi connectivity index (χ4n) is 2.84. The van der Waals surface area contributed by atoms with Crippen molar-refractivity contribution in [3.05, 3.63) is 6.42 Å². The summed E-state index contributed by atoms with van der Waals surface area (Å²) in [4.78, 5) is 0. The van der Waals surface area contributed by atoms with Crippen molar-refractivity contribution >= 4 is 0 Å². The molecular weight excluding hydrogens is 204 g/mol. The van der Waals surface area contributed by atoms with E-state index in [1.807, 2.05) is 0 Å². The number of rotatable bonds is 0. The van der Waals surface area contributed by atoms with Gasteiger partial charge in [-0.3, -0.25) is 0 Å². The first-order valence-electron chi connectivity index (χ1n) is 8.32. The summed E-state index contributed by atoms with van der Waals surface area (Å²) in [6.07, 6.45) is 26.0. The van der Waals surface area contributed by atoms with Crippen LogP contribution in [0, 0.1) is 6.42 Å². The van der Waals surface area contributed by atoms with Crippen molar-refractivity contribution in [2.24, 2.45) is 0 Å². The van der Waals surface area contributed by atoms with Gasteiger partial charge in [0.25, 0.3) is 0 Å². The van der Waals surface area contributed by atoms with Crippen LogP contribution in [0.3, 0.4) is 0 Å². The third-order valence-electron chi connectivity index (χ3n) is 4.07. The molecule has 1 fully saturated rings. The van der Waals surface area contributed by atoms with Crippen molar-refractivity contribution in [3.8, 4) is 0 Å². The Labute approximate surface area is 110 Å². The molecule has 0 amide bonds. The monoisotopic (exact) mass is 237 g/mol. The van der Waals surface area contributed by atoms with Gasteiger partial charge in [0.2, 0.25) is 0 Å².